The van der Waals surface area contributed by atoms with Gasteiger partial charge in [0.2, 0.25) is 5.91 Å². The molecule has 1 aromatic rings. The van der Waals surface area contributed by atoms with Crippen molar-refractivity contribution in [2.75, 3.05) is 6.54 Å². The maximum absolute atomic E-state index is 11.6. The van der Waals surface area contributed by atoms with Gasteiger partial charge in [0, 0.05) is 30.3 Å². The van der Waals surface area contributed by atoms with Crippen molar-refractivity contribution in [2.24, 2.45) is 0 Å². The zero-order valence-electron chi connectivity index (χ0n) is 11.1. The Balaban J connectivity index is 1.48. The van der Waals surface area contributed by atoms with Crippen molar-refractivity contribution in [3.05, 3.63) is 17.0 Å². The van der Waals surface area contributed by atoms with Crippen LogP contribution in [-0.2, 0) is 4.79 Å². The molecule has 104 valence electrons. The second-order valence-electron chi connectivity index (χ2n) is 5.43. The van der Waals surface area contributed by atoms with E-state index in [0.29, 0.717) is 23.8 Å². The van der Waals surface area contributed by atoms with Crippen molar-refractivity contribution < 1.29 is 4.79 Å². The standard InChI is InChI=1S/C14H20N2OS2/c1-9-8-12(11-5-7-18-14(11)19-9)15-6-4-13(17)16-10-2-3-10/h5,7,9-10,12,15H,2-4,6,8H2,1H3,(H,16,17)/t9-,12?/m0/s1. The van der Waals surface area contributed by atoms with Crippen LogP contribution in [-0.4, -0.2) is 23.7 Å². The van der Waals surface area contributed by atoms with Gasteiger partial charge in [-0.3, -0.25) is 4.79 Å². The Kier molecular flexibility index (Phi) is 4.15. The molecule has 2 atom stereocenters. The number of nitrogens with one attached hydrogen (secondary N) is 2. The smallest absolute Gasteiger partial charge is 0.221 e. The van der Waals surface area contributed by atoms with Gasteiger partial charge in [0.1, 0.15) is 0 Å². The topological polar surface area (TPSA) is 41.1 Å². The first-order chi connectivity index (χ1) is 9.22. The minimum absolute atomic E-state index is 0.193. The first kappa shape index (κ1) is 13.5. The molecule has 19 heavy (non-hydrogen) atoms. The molecule has 2 aliphatic rings. The monoisotopic (exact) mass is 296 g/mol. The van der Waals surface area contributed by atoms with Gasteiger partial charge < -0.3 is 10.6 Å². The molecule has 0 bridgehead atoms. The van der Waals surface area contributed by atoms with Gasteiger partial charge in [-0.25, -0.2) is 0 Å². The van der Waals surface area contributed by atoms with E-state index in [-0.39, 0.29) is 5.91 Å². The molecular weight excluding hydrogens is 276 g/mol. The summed E-state index contributed by atoms with van der Waals surface area (Å²) in [4.78, 5) is 11.6. The average Bonchev–Trinajstić information content (AvgIpc) is 3.04. The molecule has 1 aromatic heterocycles. The van der Waals surface area contributed by atoms with Crippen molar-refractivity contribution in [3.8, 4) is 0 Å². The first-order valence-electron chi connectivity index (χ1n) is 6.99. The van der Waals surface area contributed by atoms with Gasteiger partial charge in [0.25, 0.3) is 0 Å². The molecule has 2 heterocycles. The Morgan fingerprint density at radius 3 is 3.11 bits per heavy atom. The van der Waals surface area contributed by atoms with Gasteiger partial charge >= 0.3 is 0 Å². The molecule has 3 rings (SSSR count). The van der Waals surface area contributed by atoms with Gasteiger partial charge in [-0.05, 0) is 36.3 Å². The van der Waals surface area contributed by atoms with E-state index in [1.54, 1.807) is 0 Å². The van der Waals surface area contributed by atoms with Crippen LogP contribution in [0.3, 0.4) is 0 Å². The quantitative estimate of drug-likeness (QED) is 0.878. The fourth-order valence-corrected chi connectivity index (χ4v) is 5.00. The second kappa shape index (κ2) is 5.85. The number of fused-ring (bicyclic) bond motifs is 1. The van der Waals surface area contributed by atoms with E-state index in [2.05, 4.69) is 29.0 Å². The number of thiophene rings is 1. The number of thioether (sulfide) groups is 1. The molecule has 0 radical (unpaired) electrons. The maximum atomic E-state index is 11.6. The molecule has 2 N–H and O–H groups in total. The zero-order chi connectivity index (χ0) is 13.2. The van der Waals surface area contributed by atoms with Crippen molar-refractivity contribution in [1.29, 1.82) is 0 Å². The van der Waals surface area contributed by atoms with E-state index in [0.717, 1.165) is 25.8 Å². The summed E-state index contributed by atoms with van der Waals surface area (Å²) in [7, 11) is 0. The molecule has 3 nitrogen and oxygen atoms in total. The van der Waals surface area contributed by atoms with Gasteiger partial charge in [-0.15, -0.1) is 23.1 Å². The van der Waals surface area contributed by atoms with Crippen LogP contribution in [0, 0.1) is 0 Å². The summed E-state index contributed by atoms with van der Waals surface area (Å²) in [5, 5.41) is 9.41. The molecule has 0 saturated heterocycles. The van der Waals surface area contributed by atoms with Gasteiger partial charge in [-0.2, -0.15) is 0 Å². The molecule has 1 saturated carbocycles. The summed E-state index contributed by atoms with van der Waals surface area (Å²) >= 11 is 3.81. The van der Waals surface area contributed by atoms with E-state index in [1.807, 2.05) is 23.1 Å². The summed E-state index contributed by atoms with van der Waals surface area (Å²) in [6.45, 7) is 3.05. The van der Waals surface area contributed by atoms with E-state index >= 15 is 0 Å². The zero-order valence-corrected chi connectivity index (χ0v) is 12.8. The highest BCUT2D eigenvalue weighted by Gasteiger charge is 2.26. The number of hydrogen-bond donors (Lipinski definition) is 2. The second-order valence-corrected chi connectivity index (χ2v) is 8.05. The SMILES string of the molecule is C[C@H]1CC(NCCC(=O)NC2CC2)c2ccsc2S1. The van der Waals surface area contributed by atoms with Crippen molar-refractivity contribution in [1.82, 2.24) is 10.6 Å². The molecule has 1 unspecified atom stereocenters. The Hall–Kier alpha value is -0.520. The van der Waals surface area contributed by atoms with Crippen LogP contribution in [0.2, 0.25) is 0 Å². The van der Waals surface area contributed by atoms with E-state index in [1.165, 1.54) is 9.77 Å². The predicted molar refractivity (Wildman–Crippen MR) is 80.8 cm³/mol. The molecule has 1 aliphatic heterocycles. The summed E-state index contributed by atoms with van der Waals surface area (Å²) < 4.78 is 1.44. The van der Waals surface area contributed by atoms with Crippen LogP contribution in [0.5, 0.6) is 0 Å². The molecule has 1 amide bonds. The van der Waals surface area contributed by atoms with Crippen LogP contribution in [0.4, 0.5) is 0 Å². The molecule has 1 fully saturated rings. The van der Waals surface area contributed by atoms with E-state index < -0.39 is 0 Å². The molecule has 1 aliphatic carbocycles. The Morgan fingerprint density at radius 1 is 1.47 bits per heavy atom. The lowest BCUT2D eigenvalue weighted by atomic mass is 10.0. The van der Waals surface area contributed by atoms with E-state index in [9.17, 15) is 4.79 Å². The summed E-state index contributed by atoms with van der Waals surface area (Å²) in [5.74, 6) is 0.193. The third-order valence-corrected chi connectivity index (χ3v) is 5.94. The number of rotatable bonds is 5. The predicted octanol–water partition coefficient (Wildman–Crippen LogP) is 2.93. The Bertz CT molecular complexity index is 456. The van der Waals surface area contributed by atoms with Crippen LogP contribution in [0.1, 0.15) is 44.2 Å². The highest BCUT2D eigenvalue weighted by Crippen LogP contribution is 2.43. The summed E-state index contributed by atoms with van der Waals surface area (Å²) in [6, 6.07) is 3.12. The molecule has 5 heteroatoms. The largest absolute Gasteiger partial charge is 0.353 e. The lowest BCUT2D eigenvalue weighted by Gasteiger charge is -2.27. The molecular formula is C14H20N2OS2. The van der Waals surface area contributed by atoms with Crippen LogP contribution >= 0.6 is 23.1 Å². The third-order valence-electron chi connectivity index (χ3n) is 3.59. The maximum Gasteiger partial charge on any atom is 0.221 e. The number of carbonyl (C=O) groups excluding carboxylic acids is 1. The minimum atomic E-state index is 0.193. The minimum Gasteiger partial charge on any atom is -0.353 e. The normalized spacial score (nSPS) is 25.9. The fraction of sp³-hybridized carbons (Fsp3) is 0.643. The van der Waals surface area contributed by atoms with Crippen molar-refractivity contribution in [3.63, 3.8) is 0 Å². The van der Waals surface area contributed by atoms with E-state index in [4.69, 9.17) is 0 Å². The van der Waals surface area contributed by atoms with Crippen LogP contribution in [0.25, 0.3) is 0 Å². The third kappa shape index (κ3) is 3.52. The Labute approximate surface area is 122 Å². The van der Waals surface area contributed by atoms with Crippen molar-refractivity contribution >= 4 is 29.0 Å². The first-order valence-corrected chi connectivity index (χ1v) is 8.75. The van der Waals surface area contributed by atoms with Crippen LogP contribution in [0.15, 0.2) is 15.7 Å². The summed E-state index contributed by atoms with van der Waals surface area (Å²) in [5.41, 5.74) is 1.43. The van der Waals surface area contributed by atoms with Gasteiger partial charge in [0.05, 0.1) is 4.21 Å². The lowest BCUT2D eigenvalue weighted by molar-refractivity contribution is -0.121. The van der Waals surface area contributed by atoms with Gasteiger partial charge in [0.15, 0.2) is 0 Å². The highest BCUT2D eigenvalue weighted by molar-refractivity contribution is 8.01. The van der Waals surface area contributed by atoms with Crippen molar-refractivity contribution in [2.45, 2.75) is 54.1 Å². The summed E-state index contributed by atoms with van der Waals surface area (Å²) in [6.07, 6.45) is 4.07. The number of hydrogen-bond acceptors (Lipinski definition) is 4. The molecule has 0 spiro atoms. The highest BCUT2D eigenvalue weighted by atomic mass is 32.2. The van der Waals surface area contributed by atoms with Crippen LogP contribution < -0.4 is 10.6 Å². The average molecular weight is 296 g/mol. The fourth-order valence-electron chi connectivity index (χ4n) is 2.43. The number of amides is 1. The Morgan fingerprint density at radius 2 is 2.32 bits per heavy atom. The molecule has 0 aromatic carbocycles. The number of carbonyl (C=O) groups is 1. The van der Waals surface area contributed by atoms with Gasteiger partial charge in [-0.1, -0.05) is 6.92 Å². The lowest BCUT2D eigenvalue weighted by Crippen LogP contribution is -2.32.